The lowest BCUT2D eigenvalue weighted by molar-refractivity contribution is 0.635. The van der Waals surface area contributed by atoms with Gasteiger partial charge in [-0.15, -0.1) is 0 Å². The first kappa shape index (κ1) is 10.1. The number of benzene rings is 1. The second-order valence-corrected chi connectivity index (χ2v) is 3.98. The highest BCUT2D eigenvalue weighted by Crippen LogP contribution is 2.02. The Hall–Kier alpha value is -1.42. The zero-order valence-electron chi connectivity index (χ0n) is 7.93. The van der Waals surface area contributed by atoms with E-state index in [1.165, 1.54) is 4.68 Å². The van der Waals surface area contributed by atoms with Crippen molar-refractivity contribution < 1.29 is 0 Å². The van der Waals surface area contributed by atoms with Gasteiger partial charge in [-0.2, -0.15) is 5.10 Å². The number of nitrogens with zero attached hydrogens (tertiary/aromatic N) is 2. The van der Waals surface area contributed by atoms with Gasteiger partial charge in [-0.3, -0.25) is 4.79 Å². The summed E-state index contributed by atoms with van der Waals surface area (Å²) in [6.45, 7) is 0.499. The fourth-order valence-electron chi connectivity index (χ4n) is 1.30. The summed E-state index contributed by atoms with van der Waals surface area (Å²) in [5.41, 5.74) is 0.951. The Balaban J connectivity index is 2.33. The molecular formula is C11H9BrN2O. The molecule has 0 saturated carbocycles. The van der Waals surface area contributed by atoms with Crippen molar-refractivity contribution in [2.45, 2.75) is 6.54 Å². The second kappa shape index (κ2) is 4.40. The fourth-order valence-corrected chi connectivity index (χ4v) is 1.62. The number of aromatic nitrogens is 2. The summed E-state index contributed by atoms with van der Waals surface area (Å²) >= 11 is 3.19. The molecule has 3 nitrogen and oxygen atoms in total. The van der Waals surface area contributed by atoms with Crippen molar-refractivity contribution in [3.63, 3.8) is 0 Å². The van der Waals surface area contributed by atoms with Crippen molar-refractivity contribution in [2.75, 3.05) is 0 Å². The van der Waals surface area contributed by atoms with E-state index in [-0.39, 0.29) is 5.56 Å². The predicted molar refractivity (Wildman–Crippen MR) is 61.7 cm³/mol. The van der Waals surface area contributed by atoms with Crippen LogP contribution >= 0.6 is 15.9 Å². The summed E-state index contributed by atoms with van der Waals surface area (Å²) in [5.74, 6) is 0. The van der Waals surface area contributed by atoms with Crippen LogP contribution in [0.5, 0.6) is 0 Å². The molecule has 0 spiro atoms. The molecule has 0 atom stereocenters. The van der Waals surface area contributed by atoms with E-state index in [2.05, 4.69) is 21.0 Å². The van der Waals surface area contributed by atoms with E-state index in [4.69, 9.17) is 0 Å². The maximum absolute atomic E-state index is 11.6. The third-order valence-electron chi connectivity index (χ3n) is 2.04. The second-order valence-electron chi connectivity index (χ2n) is 3.13. The first-order valence-corrected chi connectivity index (χ1v) is 5.32. The largest absolute Gasteiger partial charge is 0.281 e. The van der Waals surface area contributed by atoms with Crippen LogP contribution in [0, 0.1) is 0 Å². The summed E-state index contributed by atoms with van der Waals surface area (Å²) in [6, 6.07) is 11.4. The van der Waals surface area contributed by atoms with Crippen LogP contribution in [0.2, 0.25) is 0 Å². The van der Waals surface area contributed by atoms with Crippen LogP contribution in [0.1, 0.15) is 5.56 Å². The molecule has 2 rings (SSSR count). The van der Waals surface area contributed by atoms with Gasteiger partial charge in [0.1, 0.15) is 0 Å². The van der Waals surface area contributed by atoms with E-state index < -0.39 is 0 Å². The molecule has 0 fully saturated rings. The molecule has 1 aromatic carbocycles. The molecule has 0 saturated heterocycles. The fraction of sp³-hybridized carbons (Fsp3) is 0.0909. The molecule has 1 heterocycles. The third-order valence-corrected chi connectivity index (χ3v) is 2.64. The Labute approximate surface area is 95.5 Å². The number of hydrogen-bond donors (Lipinski definition) is 0. The Bertz CT molecular complexity index is 507. The van der Waals surface area contributed by atoms with E-state index in [1.54, 1.807) is 12.3 Å². The standard InChI is InChI=1S/C11H9BrN2O/c12-10-6-7-13-14(11(10)15)8-9-4-2-1-3-5-9/h1-7H,8H2. The molecule has 0 radical (unpaired) electrons. The highest BCUT2D eigenvalue weighted by atomic mass is 79.9. The Morgan fingerprint density at radius 3 is 2.67 bits per heavy atom. The van der Waals surface area contributed by atoms with Gasteiger partial charge in [0.2, 0.25) is 0 Å². The van der Waals surface area contributed by atoms with E-state index in [0.29, 0.717) is 11.0 Å². The quantitative estimate of drug-likeness (QED) is 0.833. The van der Waals surface area contributed by atoms with Crippen LogP contribution in [0.15, 0.2) is 51.9 Å². The molecule has 0 bridgehead atoms. The van der Waals surface area contributed by atoms with Crippen molar-refractivity contribution in [3.8, 4) is 0 Å². The van der Waals surface area contributed by atoms with Gasteiger partial charge in [-0.25, -0.2) is 4.68 Å². The van der Waals surface area contributed by atoms with E-state index >= 15 is 0 Å². The lowest BCUT2D eigenvalue weighted by Gasteiger charge is -2.03. The van der Waals surface area contributed by atoms with E-state index in [9.17, 15) is 4.79 Å². The minimum atomic E-state index is -0.110. The molecule has 2 aromatic rings. The molecule has 0 amide bonds. The van der Waals surface area contributed by atoms with Crippen LogP contribution in [0.3, 0.4) is 0 Å². The minimum absolute atomic E-state index is 0.110. The normalized spacial score (nSPS) is 10.2. The molecule has 0 N–H and O–H groups in total. The topological polar surface area (TPSA) is 34.9 Å². The van der Waals surface area contributed by atoms with Crippen LogP contribution in [-0.2, 0) is 6.54 Å². The van der Waals surface area contributed by atoms with Crippen molar-refractivity contribution in [3.05, 3.63) is 63.0 Å². The molecule has 4 heteroatoms. The van der Waals surface area contributed by atoms with Gasteiger partial charge in [0, 0.05) is 6.20 Å². The first-order chi connectivity index (χ1) is 7.27. The van der Waals surface area contributed by atoms with Crippen molar-refractivity contribution in [1.82, 2.24) is 9.78 Å². The molecule has 0 aliphatic heterocycles. The maximum Gasteiger partial charge on any atom is 0.281 e. The van der Waals surface area contributed by atoms with Crippen molar-refractivity contribution in [1.29, 1.82) is 0 Å². The molecule has 76 valence electrons. The summed E-state index contributed by atoms with van der Waals surface area (Å²) in [4.78, 5) is 11.6. The lowest BCUT2D eigenvalue weighted by atomic mass is 10.2. The smallest absolute Gasteiger partial charge is 0.266 e. The summed E-state index contributed by atoms with van der Waals surface area (Å²) < 4.78 is 1.97. The highest BCUT2D eigenvalue weighted by Gasteiger charge is 2.01. The maximum atomic E-state index is 11.6. The third kappa shape index (κ3) is 2.33. The zero-order valence-corrected chi connectivity index (χ0v) is 9.52. The molecule has 0 aliphatic carbocycles. The van der Waals surface area contributed by atoms with Gasteiger partial charge in [0.25, 0.3) is 5.56 Å². The van der Waals surface area contributed by atoms with Crippen LogP contribution in [-0.4, -0.2) is 9.78 Å². The van der Waals surface area contributed by atoms with Crippen LogP contribution in [0.25, 0.3) is 0 Å². The van der Waals surface area contributed by atoms with Gasteiger partial charge in [0.15, 0.2) is 0 Å². The highest BCUT2D eigenvalue weighted by molar-refractivity contribution is 9.10. The Morgan fingerprint density at radius 2 is 1.93 bits per heavy atom. The predicted octanol–water partition coefficient (Wildman–Crippen LogP) is 2.05. The molecule has 15 heavy (non-hydrogen) atoms. The first-order valence-electron chi connectivity index (χ1n) is 4.53. The lowest BCUT2D eigenvalue weighted by Crippen LogP contribution is -2.23. The SMILES string of the molecule is O=c1c(Br)ccnn1Cc1ccccc1. The number of halogens is 1. The minimum Gasteiger partial charge on any atom is -0.266 e. The van der Waals surface area contributed by atoms with Crippen LogP contribution in [0.4, 0.5) is 0 Å². The monoisotopic (exact) mass is 264 g/mol. The van der Waals surface area contributed by atoms with Gasteiger partial charge in [-0.1, -0.05) is 30.3 Å². The molecule has 0 unspecified atom stereocenters. The van der Waals surface area contributed by atoms with Crippen molar-refractivity contribution >= 4 is 15.9 Å². The molecule has 0 aliphatic rings. The Kier molecular flexibility index (Phi) is 2.97. The molecule has 1 aromatic heterocycles. The Morgan fingerprint density at radius 1 is 1.20 bits per heavy atom. The van der Waals surface area contributed by atoms with Crippen molar-refractivity contribution in [2.24, 2.45) is 0 Å². The van der Waals surface area contributed by atoms with Gasteiger partial charge >= 0.3 is 0 Å². The summed E-state index contributed by atoms with van der Waals surface area (Å²) in [5, 5.41) is 4.01. The number of hydrogen-bond acceptors (Lipinski definition) is 2. The number of rotatable bonds is 2. The van der Waals surface area contributed by atoms with Gasteiger partial charge < -0.3 is 0 Å². The zero-order chi connectivity index (χ0) is 10.7. The van der Waals surface area contributed by atoms with E-state index in [1.807, 2.05) is 30.3 Å². The molecular weight excluding hydrogens is 256 g/mol. The van der Waals surface area contributed by atoms with Gasteiger partial charge in [0.05, 0.1) is 11.0 Å². The van der Waals surface area contributed by atoms with Crippen LogP contribution < -0.4 is 5.56 Å². The average Bonchev–Trinajstić information content (AvgIpc) is 2.26. The van der Waals surface area contributed by atoms with Gasteiger partial charge in [-0.05, 0) is 27.6 Å². The summed E-state index contributed by atoms with van der Waals surface area (Å²) in [7, 11) is 0. The van der Waals surface area contributed by atoms with E-state index in [0.717, 1.165) is 5.56 Å². The average molecular weight is 265 g/mol. The summed E-state index contributed by atoms with van der Waals surface area (Å²) in [6.07, 6.45) is 1.61.